The molecule has 5 nitrogen and oxygen atoms in total. The summed E-state index contributed by atoms with van der Waals surface area (Å²) in [5, 5.41) is 2.55. The average Bonchev–Trinajstić information content (AvgIpc) is 2.28. The minimum Gasteiger partial charge on any atom is -0.463 e. The van der Waals surface area contributed by atoms with Crippen molar-refractivity contribution in [1.82, 2.24) is 0 Å². The number of carbonyl (C=O) groups excluding carboxylic acids is 2. The lowest BCUT2D eigenvalue weighted by molar-refractivity contribution is -0.129. The third-order valence-electron chi connectivity index (χ3n) is 1.79. The molecule has 0 aliphatic carbocycles. The van der Waals surface area contributed by atoms with E-state index >= 15 is 0 Å². The smallest absolute Gasteiger partial charge is 0.411 e. The van der Waals surface area contributed by atoms with Crippen LogP contribution < -0.4 is 5.32 Å². The predicted molar refractivity (Wildman–Crippen MR) is 57.9 cm³/mol. The van der Waals surface area contributed by atoms with Gasteiger partial charge >= 0.3 is 6.09 Å². The second-order valence-electron chi connectivity index (χ2n) is 2.95. The van der Waals surface area contributed by atoms with Gasteiger partial charge in [0, 0.05) is 5.69 Å². The van der Waals surface area contributed by atoms with Gasteiger partial charge < -0.3 is 9.47 Å². The zero-order valence-corrected chi connectivity index (χ0v) is 8.93. The van der Waals surface area contributed by atoms with E-state index in [1.807, 2.05) is 0 Å². The lowest BCUT2D eigenvalue weighted by atomic mass is 10.2. The van der Waals surface area contributed by atoms with E-state index < -0.39 is 6.09 Å². The zero-order chi connectivity index (χ0) is 11.8. The minimum atomic E-state index is -0.487. The Labute approximate surface area is 93.4 Å². The summed E-state index contributed by atoms with van der Waals surface area (Å²) in [5.41, 5.74) is 1.48. The molecule has 0 heterocycles. The number of ether oxygens (including phenoxy) is 2. The molecule has 16 heavy (non-hydrogen) atoms. The van der Waals surface area contributed by atoms with Crippen LogP contribution in [0.4, 0.5) is 10.5 Å². The third kappa shape index (κ3) is 4.00. The van der Waals surface area contributed by atoms with Crippen LogP contribution in [-0.4, -0.2) is 19.2 Å². The van der Waals surface area contributed by atoms with Crippen molar-refractivity contribution in [2.75, 3.05) is 11.9 Å². The van der Waals surface area contributed by atoms with Crippen molar-refractivity contribution < 1.29 is 19.1 Å². The standard InChI is InChI=1S/C11H13NO4/c1-2-16-11(14)12-10-5-3-9(4-6-10)7-15-8-13/h3-6,8H,2,7H2,1H3,(H,12,14). The van der Waals surface area contributed by atoms with Crippen LogP contribution in [0.5, 0.6) is 0 Å². The van der Waals surface area contributed by atoms with E-state index in [4.69, 9.17) is 4.74 Å². The first-order valence-corrected chi connectivity index (χ1v) is 4.84. The summed E-state index contributed by atoms with van der Waals surface area (Å²) in [6, 6.07) is 6.93. The molecule has 0 aliphatic rings. The summed E-state index contributed by atoms with van der Waals surface area (Å²) in [6.07, 6.45) is -0.487. The summed E-state index contributed by atoms with van der Waals surface area (Å²) in [7, 11) is 0. The van der Waals surface area contributed by atoms with Crippen molar-refractivity contribution in [2.45, 2.75) is 13.5 Å². The molecule has 1 rings (SSSR count). The molecule has 0 bridgehead atoms. The van der Waals surface area contributed by atoms with E-state index in [0.717, 1.165) is 5.56 Å². The van der Waals surface area contributed by atoms with Crippen LogP contribution in [0.3, 0.4) is 0 Å². The van der Waals surface area contributed by atoms with E-state index in [9.17, 15) is 9.59 Å². The molecule has 0 spiro atoms. The summed E-state index contributed by atoms with van der Waals surface area (Å²) >= 11 is 0. The van der Waals surface area contributed by atoms with Crippen molar-refractivity contribution in [1.29, 1.82) is 0 Å². The van der Waals surface area contributed by atoms with Gasteiger partial charge in [0.15, 0.2) is 0 Å². The Morgan fingerprint density at radius 1 is 1.38 bits per heavy atom. The number of hydrogen-bond acceptors (Lipinski definition) is 4. The molecule has 1 amide bonds. The Morgan fingerprint density at radius 3 is 2.62 bits per heavy atom. The first kappa shape index (κ1) is 12.0. The normalized spacial score (nSPS) is 9.31. The largest absolute Gasteiger partial charge is 0.463 e. The van der Waals surface area contributed by atoms with E-state index in [0.29, 0.717) is 18.8 Å². The molecular formula is C11H13NO4. The summed E-state index contributed by atoms with van der Waals surface area (Å²) in [5.74, 6) is 0. The highest BCUT2D eigenvalue weighted by Crippen LogP contribution is 2.10. The zero-order valence-electron chi connectivity index (χ0n) is 8.93. The molecule has 86 valence electrons. The Kier molecular flexibility index (Phi) is 4.85. The maximum absolute atomic E-state index is 11.1. The number of anilines is 1. The van der Waals surface area contributed by atoms with Gasteiger partial charge in [0.2, 0.25) is 0 Å². The van der Waals surface area contributed by atoms with Gasteiger partial charge in [0.05, 0.1) is 6.61 Å². The van der Waals surface area contributed by atoms with Gasteiger partial charge in [-0.15, -0.1) is 0 Å². The maximum Gasteiger partial charge on any atom is 0.411 e. The molecule has 0 aliphatic heterocycles. The highest BCUT2D eigenvalue weighted by molar-refractivity contribution is 5.84. The van der Waals surface area contributed by atoms with E-state index in [2.05, 4.69) is 10.1 Å². The quantitative estimate of drug-likeness (QED) is 0.774. The molecule has 1 aromatic carbocycles. The fourth-order valence-corrected chi connectivity index (χ4v) is 1.10. The van der Waals surface area contributed by atoms with Gasteiger partial charge in [-0.25, -0.2) is 4.79 Å². The van der Waals surface area contributed by atoms with E-state index in [-0.39, 0.29) is 6.61 Å². The van der Waals surface area contributed by atoms with Crippen molar-refractivity contribution in [3.8, 4) is 0 Å². The van der Waals surface area contributed by atoms with Gasteiger partial charge in [-0.2, -0.15) is 0 Å². The molecular weight excluding hydrogens is 210 g/mol. The van der Waals surface area contributed by atoms with Gasteiger partial charge in [0.1, 0.15) is 6.61 Å². The van der Waals surface area contributed by atoms with Gasteiger partial charge in [-0.3, -0.25) is 10.1 Å². The van der Waals surface area contributed by atoms with Crippen molar-refractivity contribution in [3.63, 3.8) is 0 Å². The molecule has 0 unspecified atom stereocenters. The predicted octanol–water partition coefficient (Wildman–Crippen LogP) is 1.93. The molecule has 0 fully saturated rings. The molecule has 5 heteroatoms. The van der Waals surface area contributed by atoms with Gasteiger partial charge in [0.25, 0.3) is 6.47 Å². The second-order valence-corrected chi connectivity index (χ2v) is 2.95. The summed E-state index contributed by atoms with van der Waals surface area (Å²) in [6.45, 7) is 2.69. The lowest BCUT2D eigenvalue weighted by Gasteiger charge is -2.05. The average molecular weight is 223 g/mol. The molecule has 1 aromatic rings. The van der Waals surface area contributed by atoms with Gasteiger partial charge in [-0.1, -0.05) is 12.1 Å². The number of hydrogen-bond donors (Lipinski definition) is 1. The van der Waals surface area contributed by atoms with Crippen LogP contribution in [0.1, 0.15) is 12.5 Å². The molecule has 0 atom stereocenters. The van der Waals surface area contributed by atoms with Crippen molar-refractivity contribution >= 4 is 18.3 Å². The number of nitrogens with one attached hydrogen (secondary N) is 1. The number of carbonyl (C=O) groups is 2. The van der Waals surface area contributed by atoms with Crippen LogP contribution in [0.2, 0.25) is 0 Å². The van der Waals surface area contributed by atoms with Crippen LogP contribution in [0.25, 0.3) is 0 Å². The third-order valence-corrected chi connectivity index (χ3v) is 1.79. The molecule has 0 radical (unpaired) electrons. The fourth-order valence-electron chi connectivity index (χ4n) is 1.10. The van der Waals surface area contributed by atoms with E-state index in [1.54, 1.807) is 31.2 Å². The minimum absolute atomic E-state index is 0.225. The highest BCUT2D eigenvalue weighted by atomic mass is 16.5. The number of benzene rings is 1. The topological polar surface area (TPSA) is 64.6 Å². The SMILES string of the molecule is CCOC(=O)Nc1ccc(COC=O)cc1. The molecule has 0 aromatic heterocycles. The lowest BCUT2D eigenvalue weighted by Crippen LogP contribution is -2.13. The fraction of sp³-hybridized carbons (Fsp3) is 0.273. The Balaban J connectivity index is 2.50. The Morgan fingerprint density at radius 2 is 2.06 bits per heavy atom. The van der Waals surface area contributed by atoms with Crippen LogP contribution in [0.15, 0.2) is 24.3 Å². The van der Waals surface area contributed by atoms with Crippen LogP contribution in [-0.2, 0) is 20.9 Å². The first-order chi connectivity index (χ1) is 7.76. The van der Waals surface area contributed by atoms with Crippen LogP contribution >= 0.6 is 0 Å². The monoisotopic (exact) mass is 223 g/mol. The highest BCUT2D eigenvalue weighted by Gasteiger charge is 2.01. The maximum atomic E-state index is 11.1. The van der Waals surface area contributed by atoms with Crippen molar-refractivity contribution in [3.05, 3.63) is 29.8 Å². The Bertz CT molecular complexity index is 348. The summed E-state index contributed by atoms with van der Waals surface area (Å²) < 4.78 is 9.31. The number of rotatable bonds is 5. The Hall–Kier alpha value is -2.04. The molecule has 0 saturated heterocycles. The second kappa shape index (κ2) is 6.44. The first-order valence-electron chi connectivity index (χ1n) is 4.84. The molecule has 1 N–H and O–H groups in total. The van der Waals surface area contributed by atoms with Gasteiger partial charge in [-0.05, 0) is 24.6 Å². The summed E-state index contributed by atoms with van der Waals surface area (Å²) in [4.78, 5) is 21.0. The van der Waals surface area contributed by atoms with Crippen molar-refractivity contribution in [2.24, 2.45) is 0 Å². The van der Waals surface area contributed by atoms with Crippen LogP contribution in [0, 0.1) is 0 Å². The number of amides is 1. The molecule has 0 saturated carbocycles. The van der Waals surface area contributed by atoms with E-state index in [1.165, 1.54) is 0 Å².